The van der Waals surface area contributed by atoms with Crippen molar-refractivity contribution in [1.29, 1.82) is 0 Å². The van der Waals surface area contributed by atoms with Crippen molar-refractivity contribution in [3.8, 4) is 0 Å². The van der Waals surface area contributed by atoms with E-state index >= 15 is 0 Å². The maximum Gasteiger partial charge on any atom is 0.410 e. The van der Waals surface area contributed by atoms with E-state index < -0.39 is 0 Å². The molecule has 5 heteroatoms. The van der Waals surface area contributed by atoms with Crippen molar-refractivity contribution in [2.75, 3.05) is 20.2 Å². The Hall–Kier alpha value is -0.875. The van der Waals surface area contributed by atoms with Gasteiger partial charge < -0.3 is 4.65 Å². The van der Waals surface area contributed by atoms with E-state index in [0.717, 1.165) is 19.6 Å². The number of nitrogens with one attached hydrogen (secondary N) is 2. The molecule has 4 nitrogen and oxygen atoms in total. The fourth-order valence-corrected chi connectivity index (χ4v) is 1.84. The number of hydrogen-bond acceptors (Lipinski definition) is 4. The summed E-state index contributed by atoms with van der Waals surface area (Å²) in [5, 5.41) is 2.90. The van der Waals surface area contributed by atoms with Gasteiger partial charge in [0, 0.05) is 32.8 Å². The van der Waals surface area contributed by atoms with Gasteiger partial charge in [0.15, 0.2) is 0 Å². The van der Waals surface area contributed by atoms with Crippen LogP contribution in [0, 0.1) is 0 Å². The highest BCUT2D eigenvalue weighted by Gasteiger charge is 2.25. The maximum atomic E-state index is 4.77. The van der Waals surface area contributed by atoms with E-state index in [0.29, 0.717) is 6.04 Å². The maximum absolute atomic E-state index is 4.77. The Balaban J connectivity index is 1.62. The molecule has 1 aliphatic rings. The fourth-order valence-electron chi connectivity index (χ4n) is 1.84. The van der Waals surface area contributed by atoms with Gasteiger partial charge in [0.25, 0.3) is 0 Å². The van der Waals surface area contributed by atoms with Crippen molar-refractivity contribution >= 4 is 7.62 Å². The molecule has 0 bridgehead atoms. The molecule has 0 amide bonds. The molecule has 0 aliphatic carbocycles. The van der Waals surface area contributed by atoms with Gasteiger partial charge in [-0.2, -0.15) is 0 Å². The largest absolute Gasteiger partial charge is 0.426 e. The summed E-state index contributed by atoms with van der Waals surface area (Å²) in [4.78, 5) is 2.40. The fraction of sp³-hybridized carbons (Fsp3) is 0.455. The minimum atomic E-state index is 0.509. The van der Waals surface area contributed by atoms with E-state index in [1.54, 1.807) is 14.7 Å². The van der Waals surface area contributed by atoms with Gasteiger partial charge in [-0.3, -0.25) is 15.7 Å². The molecule has 1 aliphatic heterocycles. The van der Waals surface area contributed by atoms with Gasteiger partial charge in [0.1, 0.15) is 0 Å². The van der Waals surface area contributed by atoms with Crippen LogP contribution < -0.4 is 10.8 Å². The highest BCUT2D eigenvalue weighted by molar-refractivity contribution is 6.23. The number of hydrazine groups is 1. The van der Waals surface area contributed by atoms with Crippen LogP contribution in [0.1, 0.15) is 5.56 Å². The van der Waals surface area contributed by atoms with Gasteiger partial charge in [0.05, 0.1) is 0 Å². The molecule has 0 spiro atoms. The first-order valence-corrected chi connectivity index (χ1v) is 5.50. The van der Waals surface area contributed by atoms with Gasteiger partial charge in [-0.05, 0) is 5.56 Å². The molecule has 1 aromatic rings. The van der Waals surface area contributed by atoms with Crippen LogP contribution >= 0.6 is 0 Å². The van der Waals surface area contributed by atoms with E-state index in [2.05, 4.69) is 46.0 Å². The third kappa shape index (κ3) is 3.32. The summed E-state index contributed by atoms with van der Waals surface area (Å²) >= 11 is 0. The summed E-state index contributed by atoms with van der Waals surface area (Å²) in [5.74, 6) is 0. The topological polar surface area (TPSA) is 36.5 Å². The van der Waals surface area contributed by atoms with E-state index in [4.69, 9.17) is 4.65 Å². The van der Waals surface area contributed by atoms with Crippen LogP contribution in [0.4, 0.5) is 0 Å². The van der Waals surface area contributed by atoms with Crippen molar-refractivity contribution < 1.29 is 4.65 Å². The molecule has 2 N–H and O–H groups in total. The normalized spacial score (nSPS) is 17.1. The predicted octanol–water partition coefficient (Wildman–Crippen LogP) is 0.146. The zero-order valence-corrected chi connectivity index (χ0v) is 9.52. The summed E-state index contributed by atoms with van der Waals surface area (Å²) in [7, 11) is 3.16. The highest BCUT2D eigenvalue weighted by Crippen LogP contribution is 2.12. The van der Waals surface area contributed by atoms with E-state index in [-0.39, 0.29) is 0 Å². The first-order valence-electron chi connectivity index (χ1n) is 5.50. The lowest BCUT2D eigenvalue weighted by molar-refractivity contribution is 0.113. The van der Waals surface area contributed by atoms with Crippen molar-refractivity contribution in [1.82, 2.24) is 15.7 Å². The molecule has 1 saturated heterocycles. The zero-order valence-electron chi connectivity index (χ0n) is 9.52. The van der Waals surface area contributed by atoms with Crippen LogP contribution in [0.3, 0.4) is 0 Å². The Morgan fingerprint density at radius 1 is 1.38 bits per heavy atom. The van der Waals surface area contributed by atoms with E-state index in [9.17, 15) is 0 Å². The third-order valence-corrected chi connectivity index (χ3v) is 2.67. The average molecular weight is 218 g/mol. The summed E-state index contributed by atoms with van der Waals surface area (Å²) in [6.07, 6.45) is 0. The predicted molar refractivity (Wildman–Crippen MR) is 64.5 cm³/mol. The molecule has 16 heavy (non-hydrogen) atoms. The van der Waals surface area contributed by atoms with Gasteiger partial charge in [-0.1, -0.05) is 30.3 Å². The second kappa shape index (κ2) is 6.01. The van der Waals surface area contributed by atoms with Crippen molar-refractivity contribution in [3.63, 3.8) is 0 Å². The lowest BCUT2D eigenvalue weighted by Crippen LogP contribution is -2.61. The first-order chi connectivity index (χ1) is 7.88. The smallest absolute Gasteiger partial charge is 0.410 e. The summed E-state index contributed by atoms with van der Waals surface area (Å²) < 4.78 is 4.77. The molecule has 0 saturated carbocycles. The van der Waals surface area contributed by atoms with E-state index in [1.807, 2.05) is 0 Å². The third-order valence-electron chi connectivity index (χ3n) is 2.67. The number of benzene rings is 1. The monoisotopic (exact) mass is 218 g/mol. The van der Waals surface area contributed by atoms with Crippen molar-refractivity contribution in [3.05, 3.63) is 35.9 Å². The summed E-state index contributed by atoms with van der Waals surface area (Å²) in [6.45, 7) is 3.17. The summed E-state index contributed by atoms with van der Waals surface area (Å²) in [6, 6.07) is 11.1. The zero-order chi connectivity index (χ0) is 11.2. The molecule has 0 aromatic heterocycles. The average Bonchev–Trinajstić information content (AvgIpc) is 2.27. The molecule has 1 radical (unpaired) electrons. The molecule has 0 unspecified atom stereocenters. The molecule has 1 fully saturated rings. The summed E-state index contributed by atoms with van der Waals surface area (Å²) in [5.41, 5.74) is 4.54. The Morgan fingerprint density at radius 3 is 2.81 bits per heavy atom. The molecular formula is C11H17BN3O. The number of rotatable bonds is 6. The highest BCUT2D eigenvalue weighted by atomic mass is 16.4. The number of nitrogens with zero attached hydrogens (tertiary/aromatic N) is 1. The lowest BCUT2D eigenvalue weighted by Gasteiger charge is -2.39. The molecule has 2 rings (SSSR count). The second-order valence-electron chi connectivity index (χ2n) is 4.02. The Kier molecular flexibility index (Phi) is 4.36. The van der Waals surface area contributed by atoms with Crippen LogP contribution in [0.5, 0.6) is 0 Å². The molecule has 0 atom stereocenters. The lowest BCUT2D eigenvalue weighted by atomic mass is 10.1. The van der Waals surface area contributed by atoms with E-state index in [1.165, 1.54) is 5.56 Å². The molecule has 1 heterocycles. The minimum absolute atomic E-state index is 0.509. The number of likely N-dealkylation sites (tertiary alicyclic amines) is 1. The van der Waals surface area contributed by atoms with Gasteiger partial charge >= 0.3 is 7.62 Å². The first kappa shape index (κ1) is 11.6. The van der Waals surface area contributed by atoms with Gasteiger partial charge in [0.2, 0.25) is 0 Å². The van der Waals surface area contributed by atoms with Gasteiger partial charge in [-0.15, -0.1) is 0 Å². The molecule has 1 aromatic carbocycles. The Labute approximate surface area is 97.2 Å². The van der Waals surface area contributed by atoms with Crippen LogP contribution in [0.2, 0.25) is 0 Å². The van der Waals surface area contributed by atoms with Crippen LogP contribution in [-0.4, -0.2) is 38.8 Å². The standard InChI is InChI=1S/C11H17BN3O/c1-16-12-14-13-11-8-15(9-11)7-10-5-3-2-4-6-10/h2-6,11,13-14H,7-9H2,1H3. The van der Waals surface area contributed by atoms with Crippen LogP contribution in [0.15, 0.2) is 30.3 Å². The van der Waals surface area contributed by atoms with Crippen LogP contribution in [-0.2, 0) is 11.2 Å². The van der Waals surface area contributed by atoms with Crippen molar-refractivity contribution in [2.24, 2.45) is 0 Å². The molecular weight excluding hydrogens is 201 g/mol. The Bertz CT molecular complexity index is 303. The molecule has 85 valence electrons. The second-order valence-corrected chi connectivity index (χ2v) is 4.02. The van der Waals surface area contributed by atoms with Gasteiger partial charge in [-0.25, -0.2) is 0 Å². The van der Waals surface area contributed by atoms with Crippen LogP contribution in [0.25, 0.3) is 0 Å². The Morgan fingerprint density at radius 2 is 2.12 bits per heavy atom. The SMILES string of the molecule is CO[B]NNC1CN(Cc2ccccc2)C1. The van der Waals surface area contributed by atoms with Crippen molar-refractivity contribution in [2.45, 2.75) is 12.6 Å². The quantitative estimate of drug-likeness (QED) is 0.404. The number of hydrogen-bond donors (Lipinski definition) is 2. The minimum Gasteiger partial charge on any atom is -0.426 e.